The smallest absolute Gasteiger partial charge is 0.244 e. The number of benzene rings is 1. The van der Waals surface area contributed by atoms with E-state index in [0.717, 1.165) is 11.3 Å². The molecule has 0 unspecified atom stereocenters. The van der Waals surface area contributed by atoms with E-state index in [4.69, 9.17) is 4.74 Å². The van der Waals surface area contributed by atoms with E-state index in [1.165, 1.54) is 4.31 Å². The Kier molecular flexibility index (Phi) is 3.02. The summed E-state index contributed by atoms with van der Waals surface area (Å²) >= 11 is 0. The average molecular weight is 293 g/mol. The molecule has 2 aromatic rings. The molecular weight excluding hydrogens is 278 g/mol. The molecule has 1 aromatic carbocycles. The molecule has 1 aliphatic heterocycles. The van der Waals surface area contributed by atoms with Crippen molar-refractivity contribution >= 4 is 10.0 Å². The summed E-state index contributed by atoms with van der Waals surface area (Å²) in [5.41, 5.74) is 2.47. The van der Waals surface area contributed by atoms with Crippen molar-refractivity contribution in [3.8, 4) is 5.75 Å². The first-order valence-electron chi connectivity index (χ1n) is 6.18. The van der Waals surface area contributed by atoms with Crippen molar-refractivity contribution in [1.82, 2.24) is 14.5 Å². The number of hydrogen-bond acceptors (Lipinski definition) is 4. The van der Waals surface area contributed by atoms with Gasteiger partial charge in [-0.3, -0.25) is 5.10 Å². The third kappa shape index (κ3) is 1.99. The van der Waals surface area contributed by atoms with Crippen LogP contribution in [0.3, 0.4) is 0 Å². The quantitative estimate of drug-likeness (QED) is 0.929. The van der Waals surface area contributed by atoms with Gasteiger partial charge in [-0.2, -0.15) is 9.40 Å². The minimum Gasteiger partial charge on any atom is -0.497 e. The van der Waals surface area contributed by atoms with Crippen molar-refractivity contribution in [3.63, 3.8) is 0 Å². The number of methoxy groups -OCH3 is 1. The Hall–Kier alpha value is -1.86. The molecule has 2 heterocycles. The third-order valence-corrected chi connectivity index (χ3v) is 5.44. The molecule has 0 spiro atoms. The van der Waals surface area contributed by atoms with Crippen LogP contribution in [0.1, 0.15) is 16.8 Å². The highest BCUT2D eigenvalue weighted by molar-refractivity contribution is 7.89. The maximum absolute atomic E-state index is 12.7. The maximum Gasteiger partial charge on any atom is 0.244 e. The molecule has 0 saturated heterocycles. The van der Waals surface area contributed by atoms with E-state index in [-0.39, 0.29) is 0 Å². The Balaban J connectivity index is 1.95. The lowest BCUT2D eigenvalue weighted by molar-refractivity contribution is 0.413. The van der Waals surface area contributed by atoms with E-state index < -0.39 is 10.0 Å². The molecule has 0 bridgehead atoms. The summed E-state index contributed by atoms with van der Waals surface area (Å²) in [5, 5.41) is 6.74. The molecule has 0 saturated carbocycles. The molecular formula is C13H15N3O3S. The van der Waals surface area contributed by atoms with Gasteiger partial charge in [0.2, 0.25) is 10.0 Å². The number of aromatic amines is 1. The number of fused-ring (bicyclic) bond motifs is 1. The van der Waals surface area contributed by atoms with Gasteiger partial charge in [0.15, 0.2) is 0 Å². The van der Waals surface area contributed by atoms with E-state index >= 15 is 0 Å². The monoisotopic (exact) mass is 293 g/mol. The number of aromatic nitrogens is 2. The molecule has 20 heavy (non-hydrogen) atoms. The zero-order valence-electron chi connectivity index (χ0n) is 11.3. The maximum atomic E-state index is 12.7. The Morgan fingerprint density at radius 2 is 2.15 bits per heavy atom. The topological polar surface area (TPSA) is 75.3 Å². The van der Waals surface area contributed by atoms with Gasteiger partial charge >= 0.3 is 0 Å². The number of aryl methyl sites for hydroxylation is 1. The van der Waals surface area contributed by atoms with Crippen LogP contribution in [0.2, 0.25) is 0 Å². The van der Waals surface area contributed by atoms with Gasteiger partial charge in [-0.25, -0.2) is 8.42 Å². The molecule has 0 radical (unpaired) electrons. The molecule has 0 amide bonds. The second-order valence-corrected chi connectivity index (χ2v) is 6.68. The zero-order chi connectivity index (χ0) is 14.3. The summed E-state index contributed by atoms with van der Waals surface area (Å²) in [6.45, 7) is 2.47. The predicted octanol–water partition coefficient (Wildman–Crippen LogP) is 1.43. The summed E-state index contributed by atoms with van der Waals surface area (Å²) in [6.07, 6.45) is 1.67. The number of H-pyrrole nitrogens is 1. The van der Waals surface area contributed by atoms with Gasteiger partial charge in [0.05, 0.1) is 30.4 Å². The first-order chi connectivity index (χ1) is 9.52. The lowest BCUT2D eigenvalue weighted by Gasteiger charge is -2.17. The molecule has 3 rings (SSSR count). The summed E-state index contributed by atoms with van der Waals surface area (Å²) in [7, 11) is -1.94. The first kappa shape index (κ1) is 13.1. The van der Waals surface area contributed by atoms with Crippen molar-refractivity contribution in [2.24, 2.45) is 0 Å². The molecule has 7 heteroatoms. The molecule has 0 fully saturated rings. The Labute approximate surface area is 117 Å². The Morgan fingerprint density at radius 3 is 2.80 bits per heavy atom. The van der Waals surface area contributed by atoms with Crippen molar-refractivity contribution in [3.05, 3.63) is 41.2 Å². The van der Waals surface area contributed by atoms with Gasteiger partial charge in [0.1, 0.15) is 5.75 Å². The Morgan fingerprint density at radius 1 is 1.35 bits per heavy atom. The van der Waals surface area contributed by atoms with Crippen LogP contribution in [0.5, 0.6) is 5.75 Å². The summed E-state index contributed by atoms with van der Waals surface area (Å²) in [4.78, 5) is 0.316. The second kappa shape index (κ2) is 4.60. The average Bonchev–Trinajstić information content (AvgIpc) is 2.99. The van der Waals surface area contributed by atoms with Crippen molar-refractivity contribution in [2.75, 3.05) is 7.11 Å². The van der Waals surface area contributed by atoms with Crippen LogP contribution in [-0.4, -0.2) is 30.0 Å². The number of nitrogens with one attached hydrogen (secondary N) is 1. The van der Waals surface area contributed by atoms with E-state index in [1.807, 2.05) is 0 Å². The SMILES string of the molecule is COc1ccc(S(=O)(=O)N2Cc3cn[nH]c3C2)c(C)c1. The van der Waals surface area contributed by atoms with Crippen LogP contribution in [0.25, 0.3) is 0 Å². The van der Waals surface area contributed by atoms with Crippen molar-refractivity contribution < 1.29 is 13.2 Å². The van der Waals surface area contributed by atoms with Crippen LogP contribution in [0.4, 0.5) is 0 Å². The second-order valence-electron chi connectivity index (χ2n) is 4.78. The fourth-order valence-electron chi connectivity index (χ4n) is 2.38. The van der Waals surface area contributed by atoms with Gasteiger partial charge in [-0.15, -0.1) is 0 Å². The summed E-state index contributed by atoms with van der Waals surface area (Å²) in [6, 6.07) is 4.98. The van der Waals surface area contributed by atoms with E-state index in [9.17, 15) is 8.42 Å². The number of rotatable bonds is 3. The van der Waals surface area contributed by atoms with Crippen LogP contribution in [-0.2, 0) is 23.1 Å². The fraction of sp³-hybridized carbons (Fsp3) is 0.308. The number of nitrogens with zero attached hydrogens (tertiary/aromatic N) is 2. The van der Waals surface area contributed by atoms with Gasteiger partial charge in [-0.1, -0.05) is 0 Å². The molecule has 1 aromatic heterocycles. The number of ether oxygens (including phenoxy) is 1. The molecule has 0 atom stereocenters. The number of hydrogen-bond donors (Lipinski definition) is 1. The van der Waals surface area contributed by atoms with E-state index in [1.54, 1.807) is 38.4 Å². The summed E-state index contributed by atoms with van der Waals surface area (Å²) in [5.74, 6) is 0.650. The molecule has 0 aliphatic carbocycles. The predicted molar refractivity (Wildman–Crippen MR) is 72.8 cm³/mol. The normalized spacial score (nSPS) is 15.3. The minimum atomic E-state index is -3.50. The van der Waals surface area contributed by atoms with E-state index in [0.29, 0.717) is 29.3 Å². The van der Waals surface area contributed by atoms with Gasteiger partial charge in [0.25, 0.3) is 0 Å². The lowest BCUT2D eigenvalue weighted by atomic mass is 10.2. The van der Waals surface area contributed by atoms with Gasteiger partial charge in [0, 0.05) is 12.1 Å². The molecule has 106 valence electrons. The molecule has 6 nitrogen and oxygen atoms in total. The van der Waals surface area contributed by atoms with Crippen LogP contribution in [0.15, 0.2) is 29.3 Å². The minimum absolute atomic E-state index is 0.316. The highest BCUT2D eigenvalue weighted by Crippen LogP contribution is 2.29. The Bertz CT molecular complexity index is 731. The van der Waals surface area contributed by atoms with Gasteiger partial charge in [-0.05, 0) is 30.7 Å². The fourth-order valence-corrected chi connectivity index (χ4v) is 3.97. The lowest BCUT2D eigenvalue weighted by Crippen LogP contribution is -2.26. The largest absolute Gasteiger partial charge is 0.497 e. The van der Waals surface area contributed by atoms with Crippen molar-refractivity contribution in [2.45, 2.75) is 24.9 Å². The molecule has 1 N–H and O–H groups in total. The first-order valence-corrected chi connectivity index (χ1v) is 7.62. The van der Waals surface area contributed by atoms with Crippen molar-refractivity contribution in [1.29, 1.82) is 0 Å². The third-order valence-electron chi connectivity index (χ3n) is 3.49. The number of sulfonamides is 1. The van der Waals surface area contributed by atoms with E-state index in [2.05, 4.69) is 10.2 Å². The highest BCUT2D eigenvalue weighted by atomic mass is 32.2. The summed E-state index contributed by atoms with van der Waals surface area (Å²) < 4.78 is 31.9. The standard InChI is InChI=1S/C13H15N3O3S/c1-9-5-11(19-2)3-4-13(9)20(17,18)16-7-10-6-14-15-12(10)8-16/h3-6H,7-8H2,1-2H3,(H,14,15). The van der Waals surface area contributed by atoms with Crippen LogP contribution >= 0.6 is 0 Å². The zero-order valence-corrected chi connectivity index (χ0v) is 12.1. The van der Waals surface area contributed by atoms with Crippen LogP contribution in [0, 0.1) is 6.92 Å². The van der Waals surface area contributed by atoms with Crippen LogP contribution < -0.4 is 4.74 Å². The molecule has 1 aliphatic rings. The van der Waals surface area contributed by atoms with Gasteiger partial charge < -0.3 is 4.74 Å². The highest BCUT2D eigenvalue weighted by Gasteiger charge is 2.32.